The number of rotatable bonds is 3. The van der Waals surface area contributed by atoms with Gasteiger partial charge in [-0.15, -0.1) is 0 Å². The minimum absolute atomic E-state index is 0.208. The second-order valence-electron chi connectivity index (χ2n) is 2.81. The lowest BCUT2D eigenvalue weighted by molar-refractivity contribution is 0.278. The van der Waals surface area contributed by atoms with E-state index in [9.17, 15) is 4.39 Å². The SMILES string of the molecule is OCc1cc(F)ccc1Sc1ncco1. The van der Waals surface area contributed by atoms with Crippen molar-refractivity contribution in [2.45, 2.75) is 16.7 Å². The van der Waals surface area contributed by atoms with Crippen molar-refractivity contribution >= 4 is 11.8 Å². The molecule has 1 N–H and O–H groups in total. The highest BCUT2D eigenvalue weighted by atomic mass is 32.2. The van der Waals surface area contributed by atoms with E-state index in [0.29, 0.717) is 10.8 Å². The molecule has 0 fully saturated rings. The van der Waals surface area contributed by atoms with E-state index in [1.54, 1.807) is 6.07 Å². The van der Waals surface area contributed by atoms with Crippen LogP contribution in [0, 0.1) is 5.82 Å². The molecule has 0 saturated heterocycles. The fourth-order valence-corrected chi connectivity index (χ4v) is 1.92. The van der Waals surface area contributed by atoms with Crippen molar-refractivity contribution in [3.63, 3.8) is 0 Å². The molecule has 3 nitrogen and oxygen atoms in total. The monoisotopic (exact) mass is 225 g/mol. The summed E-state index contributed by atoms with van der Waals surface area (Å²) in [6, 6.07) is 4.23. The standard InChI is InChI=1S/C10H8FNO2S/c11-8-1-2-9(7(5-8)6-13)15-10-12-3-4-14-10/h1-5,13H,6H2. The first-order chi connectivity index (χ1) is 7.29. The largest absolute Gasteiger partial charge is 0.440 e. The maximum Gasteiger partial charge on any atom is 0.260 e. The molecular weight excluding hydrogens is 217 g/mol. The van der Waals surface area contributed by atoms with Crippen LogP contribution in [0.25, 0.3) is 0 Å². The van der Waals surface area contributed by atoms with Gasteiger partial charge in [0.05, 0.1) is 12.8 Å². The Morgan fingerprint density at radius 2 is 2.33 bits per heavy atom. The van der Waals surface area contributed by atoms with E-state index in [0.717, 1.165) is 4.90 Å². The molecule has 1 heterocycles. The summed E-state index contributed by atoms with van der Waals surface area (Å²) in [5, 5.41) is 9.51. The van der Waals surface area contributed by atoms with E-state index in [-0.39, 0.29) is 12.4 Å². The van der Waals surface area contributed by atoms with Gasteiger partial charge in [-0.2, -0.15) is 0 Å². The van der Waals surface area contributed by atoms with Gasteiger partial charge in [-0.1, -0.05) is 0 Å². The van der Waals surface area contributed by atoms with Crippen LogP contribution in [0.2, 0.25) is 0 Å². The Labute approximate surface area is 90.0 Å². The molecule has 2 aromatic rings. The first-order valence-electron chi connectivity index (χ1n) is 4.26. The fraction of sp³-hybridized carbons (Fsp3) is 0.100. The molecule has 0 spiro atoms. The number of hydrogen-bond acceptors (Lipinski definition) is 4. The highest BCUT2D eigenvalue weighted by molar-refractivity contribution is 7.99. The molecule has 0 aliphatic rings. The second-order valence-corrected chi connectivity index (χ2v) is 3.80. The van der Waals surface area contributed by atoms with Gasteiger partial charge in [-0.3, -0.25) is 0 Å². The zero-order valence-electron chi connectivity index (χ0n) is 7.68. The molecule has 1 aromatic heterocycles. The molecule has 2 rings (SSSR count). The number of aliphatic hydroxyl groups is 1. The van der Waals surface area contributed by atoms with E-state index in [1.807, 2.05) is 0 Å². The minimum atomic E-state index is -0.365. The van der Waals surface area contributed by atoms with Crippen molar-refractivity contribution in [3.05, 3.63) is 42.0 Å². The average Bonchev–Trinajstić information content (AvgIpc) is 2.73. The van der Waals surface area contributed by atoms with Crippen LogP contribution in [0.1, 0.15) is 5.56 Å². The summed E-state index contributed by atoms with van der Waals surface area (Å²) in [6.45, 7) is -0.208. The normalized spacial score (nSPS) is 10.5. The smallest absolute Gasteiger partial charge is 0.260 e. The molecule has 0 radical (unpaired) electrons. The van der Waals surface area contributed by atoms with Gasteiger partial charge in [0.1, 0.15) is 12.1 Å². The predicted octanol–water partition coefficient (Wildman–Crippen LogP) is 2.46. The van der Waals surface area contributed by atoms with Gasteiger partial charge < -0.3 is 9.52 Å². The lowest BCUT2D eigenvalue weighted by Crippen LogP contribution is -1.89. The van der Waals surface area contributed by atoms with E-state index in [1.165, 1.54) is 36.4 Å². The Bertz CT molecular complexity index is 445. The number of benzene rings is 1. The Hall–Kier alpha value is -1.33. The third-order valence-corrected chi connectivity index (χ3v) is 2.79. The van der Waals surface area contributed by atoms with Crippen molar-refractivity contribution in [1.82, 2.24) is 4.98 Å². The number of hydrogen-bond donors (Lipinski definition) is 1. The Morgan fingerprint density at radius 3 is 3.00 bits per heavy atom. The summed E-state index contributed by atoms with van der Waals surface area (Å²) in [7, 11) is 0. The number of halogens is 1. The minimum Gasteiger partial charge on any atom is -0.440 e. The van der Waals surface area contributed by atoms with Crippen molar-refractivity contribution in [2.24, 2.45) is 0 Å². The molecule has 0 atom stereocenters. The molecule has 0 aliphatic heterocycles. The van der Waals surface area contributed by atoms with Crippen molar-refractivity contribution < 1.29 is 13.9 Å². The third-order valence-electron chi connectivity index (χ3n) is 1.80. The molecular formula is C10H8FNO2S. The third kappa shape index (κ3) is 2.37. The molecule has 0 saturated carbocycles. The van der Waals surface area contributed by atoms with E-state index >= 15 is 0 Å². The average molecular weight is 225 g/mol. The highest BCUT2D eigenvalue weighted by Gasteiger charge is 2.07. The predicted molar refractivity (Wildman–Crippen MR) is 52.9 cm³/mol. The van der Waals surface area contributed by atoms with Gasteiger partial charge in [-0.25, -0.2) is 9.37 Å². The Kier molecular flexibility index (Phi) is 3.03. The first-order valence-corrected chi connectivity index (χ1v) is 5.08. The lowest BCUT2D eigenvalue weighted by atomic mass is 10.2. The molecule has 1 aromatic carbocycles. The summed E-state index contributed by atoms with van der Waals surface area (Å²) in [5.74, 6) is -0.365. The van der Waals surface area contributed by atoms with Crippen LogP contribution < -0.4 is 0 Å². The maximum atomic E-state index is 12.9. The van der Waals surface area contributed by atoms with Gasteiger partial charge in [0.15, 0.2) is 0 Å². The van der Waals surface area contributed by atoms with Gasteiger partial charge in [-0.05, 0) is 35.5 Å². The van der Waals surface area contributed by atoms with Gasteiger partial charge in [0.25, 0.3) is 5.22 Å². The summed E-state index contributed by atoms with van der Waals surface area (Å²) < 4.78 is 17.9. The van der Waals surface area contributed by atoms with Crippen molar-refractivity contribution in [1.29, 1.82) is 0 Å². The fourth-order valence-electron chi connectivity index (χ4n) is 1.13. The number of nitrogens with zero attached hydrogens (tertiary/aromatic N) is 1. The topological polar surface area (TPSA) is 46.3 Å². The zero-order chi connectivity index (χ0) is 10.7. The first kappa shape index (κ1) is 10.2. The molecule has 0 bridgehead atoms. The number of aromatic nitrogens is 1. The van der Waals surface area contributed by atoms with Gasteiger partial charge >= 0.3 is 0 Å². The van der Waals surface area contributed by atoms with Crippen LogP contribution in [-0.4, -0.2) is 10.1 Å². The summed E-state index contributed by atoms with van der Waals surface area (Å²) in [5.41, 5.74) is 0.526. The van der Waals surface area contributed by atoms with Crippen molar-refractivity contribution in [2.75, 3.05) is 0 Å². The Balaban J connectivity index is 2.28. The van der Waals surface area contributed by atoms with Gasteiger partial charge in [0, 0.05) is 4.90 Å². The van der Waals surface area contributed by atoms with Crippen LogP contribution in [0.5, 0.6) is 0 Å². The molecule has 0 aliphatic carbocycles. The van der Waals surface area contributed by atoms with Crippen molar-refractivity contribution in [3.8, 4) is 0 Å². The molecule has 0 unspecified atom stereocenters. The van der Waals surface area contributed by atoms with Crippen LogP contribution in [0.4, 0.5) is 4.39 Å². The zero-order valence-corrected chi connectivity index (χ0v) is 8.50. The van der Waals surface area contributed by atoms with Crippen LogP contribution in [0.15, 0.2) is 45.2 Å². The highest BCUT2D eigenvalue weighted by Crippen LogP contribution is 2.29. The number of oxazole rings is 1. The van der Waals surface area contributed by atoms with Crippen LogP contribution in [-0.2, 0) is 6.61 Å². The molecule has 0 amide bonds. The second kappa shape index (κ2) is 4.46. The maximum absolute atomic E-state index is 12.9. The Morgan fingerprint density at radius 1 is 1.47 bits per heavy atom. The summed E-state index contributed by atoms with van der Waals surface area (Å²) in [6.07, 6.45) is 2.99. The summed E-state index contributed by atoms with van der Waals surface area (Å²) >= 11 is 1.25. The molecule has 15 heavy (non-hydrogen) atoms. The quantitative estimate of drug-likeness (QED) is 0.871. The molecule has 5 heteroatoms. The van der Waals surface area contributed by atoms with E-state index in [2.05, 4.69) is 4.98 Å². The van der Waals surface area contributed by atoms with Crippen LogP contribution in [0.3, 0.4) is 0 Å². The van der Waals surface area contributed by atoms with Gasteiger partial charge in [0.2, 0.25) is 0 Å². The van der Waals surface area contributed by atoms with Crippen LogP contribution >= 0.6 is 11.8 Å². The van der Waals surface area contributed by atoms with E-state index < -0.39 is 0 Å². The lowest BCUT2D eigenvalue weighted by Gasteiger charge is -2.03. The molecule has 78 valence electrons. The summed E-state index contributed by atoms with van der Waals surface area (Å²) in [4.78, 5) is 4.67. The van der Waals surface area contributed by atoms with E-state index in [4.69, 9.17) is 9.52 Å². The number of aliphatic hydroxyl groups excluding tert-OH is 1.